The first-order valence-corrected chi connectivity index (χ1v) is 8.72. The van der Waals surface area contributed by atoms with Gasteiger partial charge >= 0.3 is 0 Å². The Kier molecular flexibility index (Phi) is 6.58. The maximum Gasteiger partial charge on any atom is 0.279 e. The molecular formula is C19H21BrN2O3. The first kappa shape index (κ1) is 19.0. The highest BCUT2D eigenvalue weighted by Gasteiger charge is 2.18. The fraction of sp³-hybridized carbons (Fsp3) is 0.263. The Hall–Kier alpha value is -2.34. The summed E-state index contributed by atoms with van der Waals surface area (Å²) < 4.78 is 6.72. The number of amides is 2. The number of rotatable bonds is 5. The van der Waals surface area contributed by atoms with Crippen molar-refractivity contribution in [1.82, 2.24) is 10.9 Å². The van der Waals surface area contributed by atoms with Gasteiger partial charge in [-0.1, -0.05) is 46.3 Å². The lowest BCUT2D eigenvalue weighted by molar-refractivity contribution is -0.132. The Morgan fingerprint density at radius 2 is 1.68 bits per heavy atom. The second kappa shape index (κ2) is 8.67. The molecule has 0 bridgehead atoms. The smallest absolute Gasteiger partial charge is 0.279 e. The minimum Gasteiger partial charge on any atom is -0.480 e. The Morgan fingerprint density at radius 3 is 2.28 bits per heavy atom. The minimum atomic E-state index is -0.740. The van der Waals surface area contributed by atoms with Crippen LogP contribution < -0.4 is 15.6 Å². The number of hydrogen-bond acceptors (Lipinski definition) is 3. The summed E-state index contributed by atoms with van der Waals surface area (Å²) in [5.41, 5.74) is 7.55. The van der Waals surface area contributed by atoms with Crippen LogP contribution >= 0.6 is 15.9 Å². The number of halogens is 1. The number of hydrogen-bond donors (Lipinski definition) is 2. The van der Waals surface area contributed by atoms with Crippen molar-refractivity contribution < 1.29 is 14.3 Å². The zero-order valence-corrected chi connectivity index (χ0v) is 16.0. The van der Waals surface area contributed by atoms with E-state index in [9.17, 15) is 9.59 Å². The molecule has 0 spiro atoms. The molecule has 6 heteroatoms. The predicted octanol–water partition coefficient (Wildman–Crippen LogP) is 3.22. The number of carbonyl (C=O) groups is 2. The third-order valence-corrected chi connectivity index (χ3v) is 4.08. The fourth-order valence-electron chi connectivity index (χ4n) is 2.37. The molecule has 2 rings (SSSR count). The monoisotopic (exact) mass is 404 g/mol. The second-order valence-electron chi connectivity index (χ2n) is 5.83. The van der Waals surface area contributed by atoms with Crippen LogP contribution in [-0.2, 0) is 16.0 Å². The van der Waals surface area contributed by atoms with Gasteiger partial charge < -0.3 is 4.74 Å². The molecule has 0 saturated heterocycles. The van der Waals surface area contributed by atoms with Gasteiger partial charge in [-0.3, -0.25) is 20.4 Å². The topological polar surface area (TPSA) is 67.4 Å². The van der Waals surface area contributed by atoms with Crippen LogP contribution in [0, 0.1) is 13.8 Å². The van der Waals surface area contributed by atoms with Crippen LogP contribution in [-0.4, -0.2) is 17.9 Å². The summed E-state index contributed by atoms with van der Waals surface area (Å²) in [7, 11) is 0. The zero-order chi connectivity index (χ0) is 18.4. The van der Waals surface area contributed by atoms with Gasteiger partial charge in [0.05, 0.1) is 6.42 Å². The molecule has 0 fully saturated rings. The summed E-state index contributed by atoms with van der Waals surface area (Å²) in [5.74, 6) is -0.0349. The second-order valence-corrected chi connectivity index (χ2v) is 6.74. The van der Waals surface area contributed by atoms with Gasteiger partial charge in [-0.2, -0.15) is 0 Å². The molecule has 0 aliphatic rings. The predicted molar refractivity (Wildman–Crippen MR) is 100 cm³/mol. The van der Waals surface area contributed by atoms with Crippen molar-refractivity contribution in [2.45, 2.75) is 33.3 Å². The van der Waals surface area contributed by atoms with Gasteiger partial charge in [0.1, 0.15) is 5.75 Å². The molecule has 2 N–H and O–H groups in total. The van der Waals surface area contributed by atoms with Gasteiger partial charge in [0.15, 0.2) is 6.10 Å². The summed E-state index contributed by atoms with van der Waals surface area (Å²) in [4.78, 5) is 24.0. The zero-order valence-electron chi connectivity index (χ0n) is 14.4. The molecule has 0 radical (unpaired) electrons. The average molecular weight is 405 g/mol. The third kappa shape index (κ3) is 5.60. The summed E-state index contributed by atoms with van der Waals surface area (Å²) in [6.45, 7) is 5.47. The van der Waals surface area contributed by atoms with E-state index in [4.69, 9.17) is 4.74 Å². The number of carbonyl (C=O) groups excluding carboxylic acids is 2. The van der Waals surface area contributed by atoms with Crippen molar-refractivity contribution >= 4 is 27.7 Å². The van der Waals surface area contributed by atoms with E-state index < -0.39 is 12.0 Å². The molecule has 2 amide bonds. The van der Waals surface area contributed by atoms with Crippen molar-refractivity contribution in [3.63, 3.8) is 0 Å². The number of nitrogens with one attached hydrogen (secondary N) is 2. The summed E-state index contributed by atoms with van der Waals surface area (Å²) >= 11 is 3.43. The quantitative estimate of drug-likeness (QED) is 0.751. The van der Waals surface area contributed by atoms with Crippen molar-refractivity contribution in [3.05, 3.63) is 63.6 Å². The number of ether oxygens (including phenoxy) is 1. The molecule has 1 unspecified atom stereocenters. The van der Waals surface area contributed by atoms with E-state index in [0.29, 0.717) is 5.75 Å². The molecule has 2 aromatic rings. The van der Waals surface area contributed by atoms with E-state index in [1.807, 2.05) is 56.3 Å². The Bertz CT molecular complexity index is 740. The van der Waals surface area contributed by atoms with Gasteiger partial charge in [0.25, 0.3) is 5.91 Å². The molecule has 25 heavy (non-hydrogen) atoms. The van der Waals surface area contributed by atoms with Crippen LogP contribution in [0.2, 0.25) is 0 Å². The lowest BCUT2D eigenvalue weighted by atomic mass is 10.1. The number of aryl methyl sites for hydroxylation is 2. The molecule has 1 atom stereocenters. The molecule has 0 aliphatic carbocycles. The molecule has 0 aliphatic heterocycles. The van der Waals surface area contributed by atoms with E-state index in [1.165, 1.54) is 0 Å². The highest BCUT2D eigenvalue weighted by Crippen LogP contribution is 2.28. The van der Waals surface area contributed by atoms with Gasteiger partial charge in [-0.05, 0) is 49.6 Å². The Morgan fingerprint density at radius 1 is 1.08 bits per heavy atom. The van der Waals surface area contributed by atoms with E-state index in [1.54, 1.807) is 6.92 Å². The third-order valence-electron chi connectivity index (χ3n) is 3.62. The van der Waals surface area contributed by atoms with Gasteiger partial charge in [0.2, 0.25) is 5.91 Å². The average Bonchev–Trinajstić information content (AvgIpc) is 2.56. The summed E-state index contributed by atoms with van der Waals surface area (Å²) in [6, 6.07) is 13.2. The van der Waals surface area contributed by atoms with E-state index in [0.717, 1.165) is 21.2 Å². The molecule has 132 valence electrons. The van der Waals surface area contributed by atoms with Crippen molar-refractivity contribution in [3.8, 4) is 5.75 Å². The normalized spacial score (nSPS) is 11.5. The van der Waals surface area contributed by atoms with Crippen LogP contribution in [0.5, 0.6) is 5.75 Å². The standard InChI is InChI=1S/C19H21BrN2O3/c1-12-9-16(20)10-13(2)18(12)25-14(3)19(24)22-21-17(23)11-15-7-5-4-6-8-15/h4-10,14H,11H2,1-3H3,(H,21,23)(H,22,24). The van der Waals surface area contributed by atoms with Gasteiger partial charge in [0, 0.05) is 4.47 Å². The van der Waals surface area contributed by atoms with Crippen LogP contribution in [0.15, 0.2) is 46.9 Å². The maximum absolute atomic E-state index is 12.1. The molecule has 2 aromatic carbocycles. The van der Waals surface area contributed by atoms with Gasteiger partial charge in [-0.15, -0.1) is 0 Å². The fourth-order valence-corrected chi connectivity index (χ4v) is 3.06. The van der Waals surface area contributed by atoms with E-state index in [-0.39, 0.29) is 12.3 Å². The lowest BCUT2D eigenvalue weighted by Gasteiger charge is -2.18. The summed E-state index contributed by atoms with van der Waals surface area (Å²) in [5, 5.41) is 0. The molecule has 5 nitrogen and oxygen atoms in total. The SMILES string of the molecule is Cc1cc(Br)cc(C)c1OC(C)C(=O)NNC(=O)Cc1ccccc1. The first-order valence-electron chi connectivity index (χ1n) is 7.93. The first-order chi connectivity index (χ1) is 11.9. The highest BCUT2D eigenvalue weighted by molar-refractivity contribution is 9.10. The largest absolute Gasteiger partial charge is 0.480 e. The molecule has 0 heterocycles. The van der Waals surface area contributed by atoms with Crippen LogP contribution in [0.4, 0.5) is 0 Å². The lowest BCUT2D eigenvalue weighted by Crippen LogP contribution is -2.47. The highest BCUT2D eigenvalue weighted by atomic mass is 79.9. The van der Waals surface area contributed by atoms with Gasteiger partial charge in [-0.25, -0.2) is 0 Å². The number of benzene rings is 2. The maximum atomic E-state index is 12.1. The van der Waals surface area contributed by atoms with Crippen LogP contribution in [0.1, 0.15) is 23.6 Å². The van der Waals surface area contributed by atoms with E-state index in [2.05, 4.69) is 26.8 Å². The summed E-state index contributed by atoms with van der Waals surface area (Å²) in [6.07, 6.45) is -0.544. The Labute approximate surface area is 155 Å². The molecule has 0 aromatic heterocycles. The molecular weight excluding hydrogens is 384 g/mol. The molecule has 0 saturated carbocycles. The van der Waals surface area contributed by atoms with Crippen molar-refractivity contribution in [2.24, 2.45) is 0 Å². The van der Waals surface area contributed by atoms with Crippen molar-refractivity contribution in [1.29, 1.82) is 0 Å². The Balaban J connectivity index is 1.87. The van der Waals surface area contributed by atoms with E-state index >= 15 is 0 Å². The number of hydrazine groups is 1. The van der Waals surface area contributed by atoms with Crippen LogP contribution in [0.3, 0.4) is 0 Å². The van der Waals surface area contributed by atoms with Crippen LogP contribution in [0.25, 0.3) is 0 Å². The minimum absolute atomic E-state index is 0.196. The van der Waals surface area contributed by atoms with Crippen molar-refractivity contribution in [2.75, 3.05) is 0 Å².